The Hall–Kier alpha value is -1.14. The molecule has 0 aliphatic carbocycles. The quantitative estimate of drug-likeness (QED) is 0.726. The minimum atomic E-state index is 0.109. The van der Waals surface area contributed by atoms with E-state index in [1.54, 1.807) is 6.92 Å². The number of piperazine rings is 1. The van der Waals surface area contributed by atoms with Gasteiger partial charge in [-0.05, 0) is 37.9 Å². The number of piperidine rings is 1. The van der Waals surface area contributed by atoms with Crippen molar-refractivity contribution < 1.29 is 9.59 Å². The van der Waals surface area contributed by atoms with Crippen LogP contribution in [-0.2, 0) is 9.59 Å². The van der Waals surface area contributed by atoms with E-state index >= 15 is 0 Å². The van der Waals surface area contributed by atoms with Gasteiger partial charge in [-0.2, -0.15) is 0 Å². The second kappa shape index (κ2) is 6.32. The van der Waals surface area contributed by atoms with Crippen molar-refractivity contribution in [3.8, 4) is 0 Å². The Morgan fingerprint density at radius 3 is 2.38 bits per heavy atom. The summed E-state index contributed by atoms with van der Waals surface area (Å²) in [5.74, 6) is 1.87. The maximum atomic E-state index is 12.4. The van der Waals surface area contributed by atoms with Gasteiger partial charge in [0.05, 0.1) is 6.54 Å². The summed E-state index contributed by atoms with van der Waals surface area (Å²) < 4.78 is 0. The molecule has 0 aromatic rings. The van der Waals surface area contributed by atoms with Crippen molar-refractivity contribution in [2.45, 2.75) is 13.3 Å². The number of hydrogen-bond donors (Lipinski definition) is 1. The summed E-state index contributed by atoms with van der Waals surface area (Å²) in [5.41, 5.74) is 0. The Balaban J connectivity index is 1.45. The van der Waals surface area contributed by atoms with E-state index in [-0.39, 0.29) is 11.8 Å². The van der Waals surface area contributed by atoms with Crippen LogP contribution in [0.4, 0.5) is 0 Å². The molecule has 2 amide bonds. The fraction of sp³-hybridized carbons (Fsp3) is 0.867. The molecule has 0 aromatic carbocycles. The lowest BCUT2D eigenvalue weighted by Crippen LogP contribution is -2.53. The van der Waals surface area contributed by atoms with Gasteiger partial charge in [0.25, 0.3) is 0 Å². The molecule has 21 heavy (non-hydrogen) atoms. The van der Waals surface area contributed by atoms with Crippen LogP contribution >= 0.6 is 0 Å². The van der Waals surface area contributed by atoms with Crippen LogP contribution in [0.25, 0.3) is 0 Å². The predicted octanol–water partition coefficient (Wildman–Crippen LogP) is -0.782. The van der Waals surface area contributed by atoms with Gasteiger partial charge >= 0.3 is 0 Å². The van der Waals surface area contributed by atoms with E-state index in [1.165, 1.54) is 6.42 Å². The molecule has 1 N–H and O–H groups in total. The molecule has 3 heterocycles. The number of nitrogens with zero attached hydrogens (tertiary/aromatic N) is 3. The molecule has 3 aliphatic rings. The topological polar surface area (TPSA) is 55.9 Å². The second-order valence-electron chi connectivity index (χ2n) is 6.59. The molecular formula is C15H26N4O2. The largest absolute Gasteiger partial charge is 0.339 e. The van der Waals surface area contributed by atoms with Crippen LogP contribution in [0.5, 0.6) is 0 Å². The Morgan fingerprint density at radius 1 is 1.00 bits per heavy atom. The van der Waals surface area contributed by atoms with E-state index in [0.717, 1.165) is 38.0 Å². The highest BCUT2D eigenvalue weighted by atomic mass is 16.2. The number of amides is 2. The fourth-order valence-corrected chi connectivity index (χ4v) is 3.82. The van der Waals surface area contributed by atoms with Gasteiger partial charge in [0, 0.05) is 39.6 Å². The van der Waals surface area contributed by atoms with Crippen molar-refractivity contribution in [3.05, 3.63) is 0 Å². The molecule has 0 bridgehead atoms. The highest BCUT2D eigenvalue weighted by molar-refractivity contribution is 5.79. The van der Waals surface area contributed by atoms with E-state index in [4.69, 9.17) is 0 Å². The highest BCUT2D eigenvalue weighted by Crippen LogP contribution is 2.26. The van der Waals surface area contributed by atoms with Gasteiger partial charge < -0.3 is 15.1 Å². The predicted molar refractivity (Wildman–Crippen MR) is 79.7 cm³/mol. The first-order valence-corrected chi connectivity index (χ1v) is 8.10. The molecular weight excluding hydrogens is 268 g/mol. The zero-order valence-electron chi connectivity index (χ0n) is 12.9. The lowest BCUT2D eigenvalue weighted by molar-refractivity contribution is -0.139. The minimum absolute atomic E-state index is 0.109. The minimum Gasteiger partial charge on any atom is -0.339 e. The number of fused-ring (bicyclic) bond motifs is 1. The van der Waals surface area contributed by atoms with Crippen LogP contribution in [0.2, 0.25) is 0 Å². The summed E-state index contributed by atoms with van der Waals surface area (Å²) in [6, 6.07) is 0. The standard InChI is InChI=1S/C15H26N4O2/c1-12(20)18-4-6-19(7-5-18)15(21)11-17-3-2-13-8-16-9-14(13)10-17/h13-14,16H,2-11H2,1H3. The molecule has 6 nitrogen and oxygen atoms in total. The van der Waals surface area contributed by atoms with Crippen molar-refractivity contribution >= 4 is 11.8 Å². The van der Waals surface area contributed by atoms with Crippen molar-refractivity contribution in [2.75, 3.05) is 58.9 Å². The van der Waals surface area contributed by atoms with E-state index in [1.807, 2.05) is 9.80 Å². The summed E-state index contributed by atoms with van der Waals surface area (Å²) in [7, 11) is 0. The molecule has 0 aromatic heterocycles. The van der Waals surface area contributed by atoms with Crippen molar-refractivity contribution in [3.63, 3.8) is 0 Å². The first-order chi connectivity index (χ1) is 10.1. The number of hydrogen-bond acceptors (Lipinski definition) is 4. The van der Waals surface area contributed by atoms with Crippen LogP contribution in [0.15, 0.2) is 0 Å². The van der Waals surface area contributed by atoms with Gasteiger partial charge in [-0.1, -0.05) is 0 Å². The molecule has 2 atom stereocenters. The first kappa shape index (κ1) is 14.8. The Kier molecular flexibility index (Phi) is 4.45. The third kappa shape index (κ3) is 3.37. The summed E-state index contributed by atoms with van der Waals surface area (Å²) in [6.45, 7) is 9.20. The monoisotopic (exact) mass is 294 g/mol. The van der Waals surface area contributed by atoms with Crippen molar-refractivity contribution in [1.29, 1.82) is 0 Å². The number of rotatable bonds is 2. The van der Waals surface area contributed by atoms with Crippen LogP contribution < -0.4 is 5.32 Å². The van der Waals surface area contributed by atoms with Crippen LogP contribution in [-0.4, -0.2) is 85.4 Å². The van der Waals surface area contributed by atoms with Gasteiger partial charge in [-0.15, -0.1) is 0 Å². The Morgan fingerprint density at radius 2 is 1.67 bits per heavy atom. The molecule has 0 spiro atoms. The van der Waals surface area contributed by atoms with Crippen molar-refractivity contribution in [1.82, 2.24) is 20.0 Å². The molecule has 6 heteroatoms. The number of likely N-dealkylation sites (tertiary alicyclic amines) is 1. The Labute approximate surface area is 126 Å². The molecule has 118 valence electrons. The molecule has 3 aliphatic heterocycles. The molecule has 3 fully saturated rings. The van der Waals surface area contributed by atoms with Gasteiger partial charge in [0.1, 0.15) is 0 Å². The molecule has 0 saturated carbocycles. The van der Waals surface area contributed by atoms with E-state index in [2.05, 4.69) is 10.2 Å². The highest BCUT2D eigenvalue weighted by Gasteiger charge is 2.34. The normalized spacial score (nSPS) is 30.3. The number of carbonyl (C=O) groups is 2. The maximum Gasteiger partial charge on any atom is 0.236 e. The molecule has 0 radical (unpaired) electrons. The second-order valence-corrected chi connectivity index (χ2v) is 6.59. The van der Waals surface area contributed by atoms with Crippen molar-refractivity contribution in [2.24, 2.45) is 11.8 Å². The number of carbonyl (C=O) groups excluding carboxylic acids is 2. The third-order valence-corrected chi connectivity index (χ3v) is 5.23. The lowest BCUT2D eigenvalue weighted by Gasteiger charge is -2.37. The van der Waals surface area contributed by atoms with Gasteiger partial charge in [0.15, 0.2) is 0 Å². The SMILES string of the molecule is CC(=O)N1CCN(C(=O)CN2CCC3CNCC3C2)CC1. The fourth-order valence-electron chi connectivity index (χ4n) is 3.82. The molecule has 3 saturated heterocycles. The average Bonchev–Trinajstić information content (AvgIpc) is 2.95. The smallest absolute Gasteiger partial charge is 0.236 e. The number of nitrogens with one attached hydrogen (secondary N) is 1. The lowest BCUT2D eigenvalue weighted by atomic mass is 9.89. The van der Waals surface area contributed by atoms with E-state index in [9.17, 15) is 9.59 Å². The maximum absolute atomic E-state index is 12.4. The molecule has 2 unspecified atom stereocenters. The van der Waals surface area contributed by atoms with Crippen LogP contribution in [0.1, 0.15) is 13.3 Å². The summed E-state index contributed by atoms with van der Waals surface area (Å²) >= 11 is 0. The van der Waals surface area contributed by atoms with Gasteiger partial charge in [0.2, 0.25) is 11.8 Å². The van der Waals surface area contributed by atoms with E-state index < -0.39 is 0 Å². The van der Waals surface area contributed by atoms with Gasteiger partial charge in [-0.25, -0.2) is 0 Å². The molecule has 3 rings (SSSR count). The first-order valence-electron chi connectivity index (χ1n) is 8.10. The van der Waals surface area contributed by atoms with E-state index in [0.29, 0.717) is 32.7 Å². The summed E-state index contributed by atoms with van der Waals surface area (Å²) in [4.78, 5) is 29.8. The van der Waals surface area contributed by atoms with Gasteiger partial charge in [-0.3, -0.25) is 14.5 Å². The average molecular weight is 294 g/mol. The van der Waals surface area contributed by atoms with Crippen LogP contribution in [0.3, 0.4) is 0 Å². The third-order valence-electron chi connectivity index (χ3n) is 5.23. The zero-order valence-corrected chi connectivity index (χ0v) is 12.9. The summed E-state index contributed by atoms with van der Waals surface area (Å²) in [6.07, 6.45) is 1.21. The Bertz CT molecular complexity index is 406. The summed E-state index contributed by atoms with van der Waals surface area (Å²) in [5, 5.41) is 3.46. The van der Waals surface area contributed by atoms with Crippen LogP contribution in [0, 0.1) is 11.8 Å². The zero-order chi connectivity index (χ0) is 14.8.